The number of rotatable bonds is 3. The highest BCUT2D eigenvalue weighted by Crippen LogP contribution is 2.07. The van der Waals surface area contributed by atoms with Crippen molar-refractivity contribution in [2.24, 2.45) is 0 Å². The molecule has 0 aromatic heterocycles. The zero-order chi connectivity index (χ0) is 17.3. The van der Waals surface area contributed by atoms with E-state index in [1.54, 1.807) is 6.20 Å². The smallest absolute Gasteiger partial charge is 0.303 e. The molecule has 124 valence electrons. The monoisotopic (exact) mass is 321 g/mol. The van der Waals surface area contributed by atoms with Crippen molar-refractivity contribution in [3.63, 3.8) is 0 Å². The second-order valence-corrected chi connectivity index (χ2v) is 4.80. The van der Waals surface area contributed by atoms with E-state index >= 15 is 0 Å². The van der Waals surface area contributed by atoms with E-state index in [2.05, 4.69) is 5.32 Å². The summed E-state index contributed by atoms with van der Waals surface area (Å²) < 4.78 is 0. The first kappa shape index (κ1) is 19.0. The maximum atomic E-state index is 10.7. The molecule has 1 rings (SSSR count). The van der Waals surface area contributed by atoms with Gasteiger partial charge >= 0.3 is 5.97 Å². The first-order valence-corrected chi connectivity index (χ1v) is 7.79. The minimum atomic E-state index is -0.796. The Kier molecular flexibility index (Phi) is 10.7. The maximum Gasteiger partial charge on any atom is 0.303 e. The predicted octanol–water partition coefficient (Wildman–Crippen LogP) is 4.75. The molecule has 0 spiro atoms. The highest BCUT2D eigenvalue weighted by atomic mass is 16.4. The van der Waals surface area contributed by atoms with Crippen molar-refractivity contribution in [1.29, 1.82) is 0 Å². The van der Waals surface area contributed by atoms with Crippen molar-refractivity contribution in [2.75, 3.05) is 0 Å². The van der Waals surface area contributed by atoms with Gasteiger partial charge in [0, 0.05) is 18.8 Å². The van der Waals surface area contributed by atoms with Crippen molar-refractivity contribution in [3.05, 3.63) is 109 Å². The average molecular weight is 321 g/mol. The van der Waals surface area contributed by atoms with Crippen LogP contribution in [0, 0.1) is 0 Å². The van der Waals surface area contributed by atoms with E-state index < -0.39 is 5.97 Å². The quantitative estimate of drug-likeness (QED) is 0.789. The summed E-state index contributed by atoms with van der Waals surface area (Å²) in [6.45, 7) is 0. The molecule has 1 aliphatic heterocycles. The van der Waals surface area contributed by atoms with Gasteiger partial charge in [-0.05, 0) is 24.1 Å². The Morgan fingerprint density at radius 3 is 1.83 bits per heavy atom. The van der Waals surface area contributed by atoms with Gasteiger partial charge in [-0.25, -0.2) is 0 Å². The SMILES string of the molecule is O=C(O)CCC1=C/C=C\N\C=C/C=C\C=C/C=C\C=C/C=C/C=C\1. The fourth-order valence-electron chi connectivity index (χ4n) is 1.69. The minimum Gasteiger partial charge on any atom is -0.481 e. The summed E-state index contributed by atoms with van der Waals surface area (Å²) in [6.07, 6.45) is 33.1. The second kappa shape index (κ2) is 13.6. The van der Waals surface area contributed by atoms with Gasteiger partial charge < -0.3 is 10.4 Å². The number of nitrogens with one attached hydrogen (secondary N) is 1. The Hall–Kier alpha value is -3.07. The summed E-state index contributed by atoms with van der Waals surface area (Å²) in [5, 5.41) is 11.8. The summed E-state index contributed by atoms with van der Waals surface area (Å²) in [5.74, 6) is -0.796. The van der Waals surface area contributed by atoms with Crippen molar-refractivity contribution >= 4 is 5.97 Å². The average Bonchev–Trinajstić information content (AvgIpc) is 2.57. The molecular weight excluding hydrogens is 298 g/mol. The van der Waals surface area contributed by atoms with E-state index in [0.29, 0.717) is 6.42 Å². The van der Waals surface area contributed by atoms with Gasteiger partial charge in [-0.1, -0.05) is 79.0 Å². The van der Waals surface area contributed by atoms with Crippen LogP contribution in [0.1, 0.15) is 12.8 Å². The zero-order valence-corrected chi connectivity index (χ0v) is 13.6. The summed E-state index contributed by atoms with van der Waals surface area (Å²) in [7, 11) is 0. The summed E-state index contributed by atoms with van der Waals surface area (Å²) >= 11 is 0. The third kappa shape index (κ3) is 11.6. The van der Waals surface area contributed by atoms with Gasteiger partial charge in [0.2, 0.25) is 0 Å². The number of carboxylic acid groups (broad SMARTS) is 1. The Labute approximate surface area is 143 Å². The molecule has 2 N–H and O–H groups in total. The van der Waals surface area contributed by atoms with E-state index in [4.69, 9.17) is 5.11 Å². The molecule has 3 heteroatoms. The molecule has 0 aromatic carbocycles. The van der Waals surface area contributed by atoms with Crippen LogP contribution < -0.4 is 5.32 Å². The molecule has 0 atom stereocenters. The van der Waals surface area contributed by atoms with Gasteiger partial charge in [0.05, 0.1) is 0 Å². The topological polar surface area (TPSA) is 49.3 Å². The lowest BCUT2D eigenvalue weighted by Gasteiger charge is -1.97. The van der Waals surface area contributed by atoms with E-state index in [-0.39, 0.29) is 6.42 Å². The molecule has 0 aliphatic carbocycles. The van der Waals surface area contributed by atoms with Crippen LogP contribution in [0.4, 0.5) is 0 Å². The van der Waals surface area contributed by atoms with Crippen LogP contribution in [0.25, 0.3) is 0 Å². The molecular formula is C21H23NO2. The molecule has 0 radical (unpaired) electrons. The lowest BCUT2D eigenvalue weighted by atomic mass is 10.1. The Balaban J connectivity index is 2.82. The van der Waals surface area contributed by atoms with Crippen LogP contribution >= 0.6 is 0 Å². The standard InChI is InChI=1S/C21H23NO2/c23-21(24)17-16-20-14-11-9-7-5-3-1-2-4-6-8-10-12-18-22-19-13-15-20/h1-15,18-19,22H,16-17H2,(H,23,24)/b2-1-,5-3-,6-4-,9-7+,10-8-,14-11-,18-12-,19-13-,20-15+. The molecule has 0 saturated carbocycles. The third-order valence-corrected chi connectivity index (χ3v) is 2.86. The maximum absolute atomic E-state index is 10.7. The largest absolute Gasteiger partial charge is 0.481 e. The van der Waals surface area contributed by atoms with E-state index in [1.807, 2.05) is 97.3 Å². The van der Waals surface area contributed by atoms with E-state index in [1.165, 1.54) is 0 Å². The van der Waals surface area contributed by atoms with Crippen molar-refractivity contribution < 1.29 is 9.90 Å². The van der Waals surface area contributed by atoms with Crippen LogP contribution in [-0.4, -0.2) is 11.1 Å². The van der Waals surface area contributed by atoms with Crippen molar-refractivity contribution in [3.8, 4) is 0 Å². The first-order chi connectivity index (χ1) is 11.8. The molecule has 0 bridgehead atoms. The molecule has 1 aliphatic rings. The molecule has 0 fully saturated rings. The normalized spacial score (nSPS) is 28.2. The fourth-order valence-corrected chi connectivity index (χ4v) is 1.69. The van der Waals surface area contributed by atoms with Crippen LogP contribution in [0.5, 0.6) is 0 Å². The molecule has 0 saturated heterocycles. The van der Waals surface area contributed by atoms with E-state index in [0.717, 1.165) is 5.57 Å². The molecule has 0 aromatic rings. The van der Waals surface area contributed by atoms with Crippen LogP contribution in [0.15, 0.2) is 109 Å². The fraction of sp³-hybridized carbons (Fsp3) is 0.0952. The van der Waals surface area contributed by atoms with Crippen molar-refractivity contribution in [1.82, 2.24) is 5.32 Å². The predicted molar refractivity (Wildman–Crippen MR) is 101 cm³/mol. The van der Waals surface area contributed by atoms with Gasteiger partial charge in [0.25, 0.3) is 0 Å². The number of hydrogen-bond donors (Lipinski definition) is 2. The second-order valence-electron chi connectivity index (χ2n) is 4.80. The van der Waals surface area contributed by atoms with Crippen LogP contribution in [0.2, 0.25) is 0 Å². The van der Waals surface area contributed by atoms with Crippen LogP contribution in [0.3, 0.4) is 0 Å². The summed E-state index contributed by atoms with van der Waals surface area (Å²) in [5.41, 5.74) is 0.954. The first-order valence-electron chi connectivity index (χ1n) is 7.79. The Morgan fingerprint density at radius 1 is 0.750 bits per heavy atom. The lowest BCUT2D eigenvalue weighted by Crippen LogP contribution is -1.94. The Bertz CT molecular complexity index is 639. The molecule has 0 amide bonds. The van der Waals surface area contributed by atoms with Gasteiger partial charge in [-0.15, -0.1) is 0 Å². The molecule has 24 heavy (non-hydrogen) atoms. The molecule has 3 nitrogen and oxygen atoms in total. The molecule has 0 unspecified atom stereocenters. The number of allylic oxidation sites excluding steroid dienone is 16. The highest BCUT2D eigenvalue weighted by Gasteiger charge is 1.98. The Morgan fingerprint density at radius 2 is 1.25 bits per heavy atom. The third-order valence-electron chi connectivity index (χ3n) is 2.86. The number of carboxylic acids is 1. The number of aliphatic carboxylic acids is 1. The number of carbonyl (C=O) groups is 1. The van der Waals surface area contributed by atoms with Crippen LogP contribution in [-0.2, 0) is 4.79 Å². The zero-order valence-electron chi connectivity index (χ0n) is 13.6. The number of hydrogen-bond acceptors (Lipinski definition) is 2. The van der Waals surface area contributed by atoms with Gasteiger partial charge in [0.15, 0.2) is 0 Å². The lowest BCUT2D eigenvalue weighted by molar-refractivity contribution is -0.136. The summed E-state index contributed by atoms with van der Waals surface area (Å²) in [4.78, 5) is 10.7. The minimum absolute atomic E-state index is 0.115. The van der Waals surface area contributed by atoms with Gasteiger partial charge in [-0.2, -0.15) is 0 Å². The van der Waals surface area contributed by atoms with Gasteiger partial charge in [0.1, 0.15) is 0 Å². The van der Waals surface area contributed by atoms with Crippen molar-refractivity contribution in [2.45, 2.75) is 12.8 Å². The van der Waals surface area contributed by atoms with E-state index in [9.17, 15) is 4.79 Å². The highest BCUT2D eigenvalue weighted by molar-refractivity contribution is 5.67. The summed E-state index contributed by atoms with van der Waals surface area (Å²) in [6, 6.07) is 0. The molecule has 1 heterocycles. The van der Waals surface area contributed by atoms with Gasteiger partial charge in [-0.3, -0.25) is 4.79 Å².